The van der Waals surface area contributed by atoms with Gasteiger partial charge in [-0.25, -0.2) is 4.98 Å². The quantitative estimate of drug-likeness (QED) is 0.669. The molecule has 0 aliphatic rings. The molecule has 3 rings (SSSR count). The number of hydrogen-bond donors (Lipinski definition) is 2. The number of H-pyrrole nitrogens is 2. The van der Waals surface area contributed by atoms with Crippen molar-refractivity contribution in [2.75, 3.05) is 0 Å². The van der Waals surface area contributed by atoms with Crippen molar-refractivity contribution < 1.29 is 0 Å². The predicted octanol–water partition coefficient (Wildman–Crippen LogP) is 3.07. The third-order valence-corrected chi connectivity index (χ3v) is 2.57. The summed E-state index contributed by atoms with van der Waals surface area (Å²) in [6.07, 6.45) is 5.52. The van der Waals surface area contributed by atoms with Crippen molar-refractivity contribution in [3.8, 4) is 22.6 Å². The van der Waals surface area contributed by atoms with Gasteiger partial charge in [-0.2, -0.15) is 0 Å². The maximum atomic E-state index is 4.29. The molecule has 0 bridgehead atoms. The van der Waals surface area contributed by atoms with Gasteiger partial charge in [-0.15, -0.1) is 0 Å². The van der Waals surface area contributed by atoms with Crippen molar-refractivity contribution in [1.29, 1.82) is 0 Å². The topological polar surface area (TPSA) is 44.5 Å². The van der Waals surface area contributed by atoms with Gasteiger partial charge in [0.15, 0.2) is 0 Å². The average Bonchev–Trinajstić information content (AvgIpc) is 3.03. The van der Waals surface area contributed by atoms with Gasteiger partial charge in [0, 0.05) is 35.4 Å². The molecule has 0 spiro atoms. The van der Waals surface area contributed by atoms with Crippen LogP contribution in [-0.4, -0.2) is 15.0 Å². The fourth-order valence-corrected chi connectivity index (χ4v) is 1.83. The zero-order chi connectivity index (χ0) is 10.8. The van der Waals surface area contributed by atoms with Gasteiger partial charge in [0.05, 0.1) is 0 Å². The first-order valence-electron chi connectivity index (χ1n) is 5.18. The number of rotatable bonds is 2. The van der Waals surface area contributed by atoms with Crippen LogP contribution in [-0.2, 0) is 0 Å². The second-order valence-corrected chi connectivity index (χ2v) is 3.57. The van der Waals surface area contributed by atoms with Crippen LogP contribution in [0.15, 0.2) is 55.0 Å². The highest BCUT2D eigenvalue weighted by atomic mass is 14.9. The van der Waals surface area contributed by atoms with Crippen LogP contribution in [0.2, 0.25) is 0 Å². The minimum atomic E-state index is 0.894. The SMILES string of the molecule is c1c[nH]c(-c2ccccc2-c2ncc[nH]2)c1. The molecule has 0 unspecified atom stereocenters. The van der Waals surface area contributed by atoms with Crippen LogP contribution in [0.4, 0.5) is 0 Å². The van der Waals surface area contributed by atoms with E-state index in [0.29, 0.717) is 0 Å². The lowest BCUT2D eigenvalue weighted by atomic mass is 10.0. The molecule has 3 heteroatoms. The van der Waals surface area contributed by atoms with Crippen molar-refractivity contribution in [3.63, 3.8) is 0 Å². The maximum Gasteiger partial charge on any atom is 0.137 e. The molecule has 16 heavy (non-hydrogen) atoms. The summed E-state index contributed by atoms with van der Waals surface area (Å²) in [4.78, 5) is 10.6. The average molecular weight is 209 g/mol. The molecular formula is C13H11N3. The normalized spacial score (nSPS) is 10.5. The fraction of sp³-hybridized carbons (Fsp3) is 0. The van der Waals surface area contributed by atoms with Gasteiger partial charge in [-0.05, 0) is 12.1 Å². The van der Waals surface area contributed by atoms with E-state index in [9.17, 15) is 0 Å². The Balaban J connectivity index is 2.19. The molecule has 0 atom stereocenters. The summed E-state index contributed by atoms with van der Waals surface area (Å²) in [6.45, 7) is 0. The van der Waals surface area contributed by atoms with Crippen molar-refractivity contribution in [2.24, 2.45) is 0 Å². The number of imidazole rings is 1. The van der Waals surface area contributed by atoms with E-state index in [1.54, 1.807) is 6.20 Å². The van der Waals surface area contributed by atoms with E-state index in [1.165, 1.54) is 0 Å². The molecule has 0 radical (unpaired) electrons. The van der Waals surface area contributed by atoms with Crippen LogP contribution in [0.3, 0.4) is 0 Å². The van der Waals surface area contributed by atoms with Crippen molar-refractivity contribution in [1.82, 2.24) is 15.0 Å². The summed E-state index contributed by atoms with van der Waals surface area (Å²) in [5.41, 5.74) is 3.37. The minimum absolute atomic E-state index is 0.894. The molecule has 1 aromatic carbocycles. The van der Waals surface area contributed by atoms with E-state index in [1.807, 2.05) is 30.6 Å². The number of hydrogen-bond acceptors (Lipinski definition) is 1. The molecule has 3 aromatic rings. The van der Waals surface area contributed by atoms with E-state index in [0.717, 1.165) is 22.6 Å². The van der Waals surface area contributed by atoms with Gasteiger partial charge < -0.3 is 9.97 Å². The fourth-order valence-electron chi connectivity index (χ4n) is 1.83. The lowest BCUT2D eigenvalue weighted by Crippen LogP contribution is -1.86. The number of aromatic nitrogens is 3. The second kappa shape index (κ2) is 3.70. The molecule has 0 aliphatic carbocycles. The molecule has 0 amide bonds. The van der Waals surface area contributed by atoms with Gasteiger partial charge in [0.25, 0.3) is 0 Å². The van der Waals surface area contributed by atoms with Crippen molar-refractivity contribution in [2.45, 2.75) is 0 Å². The Morgan fingerprint density at radius 1 is 0.812 bits per heavy atom. The van der Waals surface area contributed by atoms with E-state index < -0.39 is 0 Å². The second-order valence-electron chi connectivity index (χ2n) is 3.57. The molecule has 2 aromatic heterocycles. The highest BCUT2D eigenvalue weighted by Crippen LogP contribution is 2.28. The Kier molecular flexibility index (Phi) is 2.07. The van der Waals surface area contributed by atoms with Crippen LogP contribution >= 0.6 is 0 Å². The molecule has 2 N–H and O–H groups in total. The van der Waals surface area contributed by atoms with Crippen LogP contribution in [0, 0.1) is 0 Å². The van der Waals surface area contributed by atoms with Crippen molar-refractivity contribution in [3.05, 3.63) is 55.0 Å². The smallest absolute Gasteiger partial charge is 0.137 e. The van der Waals surface area contributed by atoms with Crippen LogP contribution in [0.1, 0.15) is 0 Å². The zero-order valence-corrected chi connectivity index (χ0v) is 8.64. The van der Waals surface area contributed by atoms with Crippen LogP contribution < -0.4 is 0 Å². The first-order chi connectivity index (χ1) is 7.95. The molecule has 0 saturated heterocycles. The molecule has 2 heterocycles. The Morgan fingerprint density at radius 2 is 1.69 bits per heavy atom. The molecule has 78 valence electrons. The van der Waals surface area contributed by atoms with Gasteiger partial charge >= 0.3 is 0 Å². The van der Waals surface area contributed by atoms with Gasteiger partial charge in [0.2, 0.25) is 0 Å². The highest BCUT2D eigenvalue weighted by molar-refractivity contribution is 5.78. The highest BCUT2D eigenvalue weighted by Gasteiger charge is 2.08. The Morgan fingerprint density at radius 3 is 2.38 bits per heavy atom. The maximum absolute atomic E-state index is 4.29. The van der Waals surface area contributed by atoms with Gasteiger partial charge in [0.1, 0.15) is 5.82 Å². The van der Waals surface area contributed by atoms with Crippen LogP contribution in [0.5, 0.6) is 0 Å². The van der Waals surface area contributed by atoms with Gasteiger partial charge in [-0.1, -0.05) is 24.3 Å². The minimum Gasteiger partial charge on any atom is -0.361 e. The Labute approximate surface area is 93.2 Å². The number of nitrogens with zero attached hydrogens (tertiary/aromatic N) is 1. The summed E-state index contributed by atoms with van der Waals surface area (Å²) >= 11 is 0. The Bertz CT molecular complexity index is 512. The van der Waals surface area contributed by atoms with E-state index in [-0.39, 0.29) is 0 Å². The molecule has 0 aliphatic heterocycles. The molecule has 0 saturated carbocycles. The summed E-state index contributed by atoms with van der Waals surface area (Å²) in [5.74, 6) is 0.894. The Hall–Kier alpha value is -2.29. The third-order valence-electron chi connectivity index (χ3n) is 2.57. The molecule has 0 fully saturated rings. The zero-order valence-electron chi connectivity index (χ0n) is 8.64. The lowest BCUT2D eigenvalue weighted by Gasteiger charge is -2.05. The van der Waals surface area contributed by atoms with Crippen molar-refractivity contribution >= 4 is 0 Å². The summed E-state index contributed by atoms with van der Waals surface area (Å²) in [7, 11) is 0. The monoisotopic (exact) mass is 209 g/mol. The standard InChI is InChI=1S/C13H11N3/c1-2-5-11(13-15-8-9-16-13)10(4-1)12-6-3-7-14-12/h1-9,14H,(H,15,16). The third kappa shape index (κ3) is 1.42. The van der Waals surface area contributed by atoms with E-state index in [4.69, 9.17) is 0 Å². The number of nitrogens with one attached hydrogen (secondary N) is 2. The van der Waals surface area contributed by atoms with E-state index in [2.05, 4.69) is 33.2 Å². The summed E-state index contributed by atoms with van der Waals surface area (Å²) in [5, 5.41) is 0. The largest absolute Gasteiger partial charge is 0.361 e. The number of benzene rings is 1. The molecule has 3 nitrogen and oxygen atoms in total. The summed E-state index contributed by atoms with van der Waals surface area (Å²) < 4.78 is 0. The van der Waals surface area contributed by atoms with E-state index >= 15 is 0 Å². The number of aromatic amines is 2. The first kappa shape index (κ1) is 8.97. The first-order valence-corrected chi connectivity index (χ1v) is 5.18. The predicted molar refractivity (Wildman–Crippen MR) is 63.8 cm³/mol. The lowest BCUT2D eigenvalue weighted by molar-refractivity contribution is 1.30. The van der Waals surface area contributed by atoms with Crippen LogP contribution in [0.25, 0.3) is 22.6 Å². The van der Waals surface area contributed by atoms with Gasteiger partial charge in [-0.3, -0.25) is 0 Å². The molecular weight excluding hydrogens is 198 g/mol. The summed E-state index contributed by atoms with van der Waals surface area (Å²) in [6, 6.07) is 12.3.